The summed E-state index contributed by atoms with van der Waals surface area (Å²) in [6, 6.07) is 12.2. The highest BCUT2D eigenvalue weighted by Gasteiger charge is 2.21. The second kappa shape index (κ2) is 8.23. The van der Waals surface area contributed by atoms with Crippen LogP contribution in [0, 0.1) is 0 Å². The van der Waals surface area contributed by atoms with Crippen LogP contribution >= 0.6 is 11.6 Å². The van der Waals surface area contributed by atoms with Gasteiger partial charge in [-0.2, -0.15) is 0 Å². The number of amides is 2. The lowest BCUT2D eigenvalue weighted by atomic mass is 10.1. The first-order valence-electron chi connectivity index (χ1n) is 8.72. The van der Waals surface area contributed by atoms with Gasteiger partial charge in [0.15, 0.2) is 0 Å². The fourth-order valence-electron chi connectivity index (χ4n) is 2.85. The summed E-state index contributed by atoms with van der Waals surface area (Å²) in [5.41, 5.74) is 1.86. The molecule has 1 aliphatic rings. The Morgan fingerprint density at radius 3 is 2.65 bits per heavy atom. The summed E-state index contributed by atoms with van der Waals surface area (Å²) >= 11 is 6.04. The maximum absolute atomic E-state index is 12.6. The zero-order chi connectivity index (χ0) is 18.5. The molecule has 1 saturated heterocycles. The van der Waals surface area contributed by atoms with Gasteiger partial charge in [-0.25, -0.2) is 0 Å². The Morgan fingerprint density at radius 1 is 1.23 bits per heavy atom. The highest BCUT2D eigenvalue weighted by atomic mass is 35.5. The van der Waals surface area contributed by atoms with Crippen LogP contribution in [0.25, 0.3) is 0 Å². The van der Waals surface area contributed by atoms with Crippen molar-refractivity contribution in [1.29, 1.82) is 0 Å². The first kappa shape index (κ1) is 18.3. The second-order valence-electron chi connectivity index (χ2n) is 6.14. The van der Waals surface area contributed by atoms with Crippen LogP contribution in [0.4, 0.5) is 11.4 Å². The minimum Gasteiger partial charge on any atom is -0.491 e. The van der Waals surface area contributed by atoms with Crippen molar-refractivity contribution in [2.45, 2.75) is 26.2 Å². The highest BCUT2D eigenvalue weighted by Crippen LogP contribution is 2.29. The Bertz CT molecular complexity index is 805. The molecule has 1 N–H and O–H groups in total. The van der Waals surface area contributed by atoms with Gasteiger partial charge in [-0.15, -0.1) is 0 Å². The summed E-state index contributed by atoms with van der Waals surface area (Å²) in [6.45, 7) is 3.30. The maximum Gasteiger partial charge on any atom is 0.255 e. The third kappa shape index (κ3) is 4.17. The van der Waals surface area contributed by atoms with Gasteiger partial charge < -0.3 is 15.0 Å². The largest absolute Gasteiger partial charge is 0.491 e. The number of benzene rings is 2. The summed E-state index contributed by atoms with van der Waals surface area (Å²) in [5.74, 6) is 0.454. The van der Waals surface area contributed by atoms with Crippen molar-refractivity contribution < 1.29 is 14.3 Å². The average molecular weight is 373 g/mol. The van der Waals surface area contributed by atoms with Gasteiger partial charge in [0.25, 0.3) is 5.91 Å². The van der Waals surface area contributed by atoms with Crippen molar-refractivity contribution in [1.82, 2.24) is 0 Å². The Morgan fingerprint density at radius 2 is 2.00 bits per heavy atom. The van der Waals surface area contributed by atoms with Crippen LogP contribution in [-0.2, 0) is 4.79 Å². The van der Waals surface area contributed by atoms with Crippen molar-refractivity contribution in [2.24, 2.45) is 0 Å². The van der Waals surface area contributed by atoms with Crippen LogP contribution in [0.3, 0.4) is 0 Å². The Balaban J connectivity index is 1.74. The normalized spacial score (nSPS) is 13.8. The molecule has 1 aliphatic heterocycles. The first-order chi connectivity index (χ1) is 12.6. The monoisotopic (exact) mass is 372 g/mol. The van der Waals surface area contributed by atoms with Crippen molar-refractivity contribution in [2.75, 3.05) is 23.4 Å². The third-order valence-corrected chi connectivity index (χ3v) is 4.40. The molecule has 0 unspecified atom stereocenters. The van der Waals surface area contributed by atoms with Gasteiger partial charge in [-0.05, 0) is 55.3 Å². The van der Waals surface area contributed by atoms with E-state index in [1.165, 1.54) is 0 Å². The molecule has 3 rings (SSSR count). The number of rotatable bonds is 6. The van der Waals surface area contributed by atoms with Crippen LogP contribution in [0.1, 0.15) is 36.5 Å². The van der Waals surface area contributed by atoms with E-state index in [9.17, 15) is 9.59 Å². The molecular formula is C20H21ClN2O3. The number of halogens is 1. The van der Waals surface area contributed by atoms with E-state index in [1.54, 1.807) is 47.4 Å². The zero-order valence-electron chi connectivity index (χ0n) is 14.6. The zero-order valence-corrected chi connectivity index (χ0v) is 15.4. The second-order valence-corrected chi connectivity index (χ2v) is 6.58. The molecule has 0 radical (unpaired) electrons. The molecule has 2 aromatic rings. The van der Waals surface area contributed by atoms with Crippen LogP contribution in [0.15, 0.2) is 42.5 Å². The molecule has 136 valence electrons. The van der Waals surface area contributed by atoms with Crippen LogP contribution < -0.4 is 15.0 Å². The van der Waals surface area contributed by atoms with E-state index in [-0.39, 0.29) is 11.8 Å². The fraction of sp³-hybridized carbons (Fsp3) is 0.300. The molecule has 0 saturated carbocycles. The predicted molar refractivity (Wildman–Crippen MR) is 103 cm³/mol. The molecule has 1 heterocycles. The van der Waals surface area contributed by atoms with Crippen molar-refractivity contribution >= 4 is 34.8 Å². The number of nitrogens with one attached hydrogen (secondary N) is 1. The van der Waals surface area contributed by atoms with Gasteiger partial charge in [0.2, 0.25) is 5.91 Å². The van der Waals surface area contributed by atoms with Crippen molar-refractivity contribution in [3.8, 4) is 5.75 Å². The predicted octanol–water partition coefficient (Wildman–Crippen LogP) is 4.51. The summed E-state index contributed by atoms with van der Waals surface area (Å²) < 4.78 is 5.66. The lowest BCUT2D eigenvalue weighted by Crippen LogP contribution is -2.23. The van der Waals surface area contributed by atoms with Crippen LogP contribution in [-0.4, -0.2) is 25.0 Å². The molecule has 0 aromatic heterocycles. The average Bonchev–Trinajstić information content (AvgIpc) is 3.07. The first-order valence-corrected chi connectivity index (χ1v) is 9.10. The molecule has 0 atom stereocenters. The molecule has 0 bridgehead atoms. The highest BCUT2D eigenvalue weighted by molar-refractivity contribution is 6.31. The number of hydrogen-bond donors (Lipinski definition) is 1. The lowest BCUT2D eigenvalue weighted by molar-refractivity contribution is -0.117. The smallest absolute Gasteiger partial charge is 0.255 e. The molecule has 2 aromatic carbocycles. The fourth-order valence-corrected chi connectivity index (χ4v) is 3.02. The van der Waals surface area contributed by atoms with E-state index in [2.05, 4.69) is 5.32 Å². The molecule has 1 fully saturated rings. The standard InChI is InChI=1S/C20H21ClN2O3/c1-2-12-26-18-10-7-15(21)13-17(18)22-20(25)14-5-8-16(9-6-14)23-11-3-4-19(23)24/h5-10,13H,2-4,11-12H2,1H3,(H,22,25). The van der Waals surface area contributed by atoms with Gasteiger partial charge in [0.1, 0.15) is 5.75 Å². The van der Waals surface area contributed by atoms with E-state index in [4.69, 9.17) is 16.3 Å². The van der Waals surface area contributed by atoms with Gasteiger partial charge in [0, 0.05) is 29.2 Å². The molecule has 0 aliphatic carbocycles. The molecule has 6 heteroatoms. The van der Waals surface area contributed by atoms with Crippen molar-refractivity contribution in [3.05, 3.63) is 53.1 Å². The van der Waals surface area contributed by atoms with Crippen LogP contribution in [0.5, 0.6) is 5.75 Å². The molecule has 26 heavy (non-hydrogen) atoms. The molecule has 5 nitrogen and oxygen atoms in total. The number of nitrogens with zero attached hydrogens (tertiary/aromatic N) is 1. The number of hydrogen-bond acceptors (Lipinski definition) is 3. The van der Waals surface area contributed by atoms with E-state index >= 15 is 0 Å². The summed E-state index contributed by atoms with van der Waals surface area (Å²) in [6.07, 6.45) is 2.32. The maximum atomic E-state index is 12.6. The Kier molecular flexibility index (Phi) is 5.78. The van der Waals surface area contributed by atoms with Gasteiger partial charge in [0.05, 0.1) is 12.3 Å². The number of carbonyl (C=O) groups excluding carboxylic acids is 2. The topological polar surface area (TPSA) is 58.6 Å². The SMILES string of the molecule is CCCOc1ccc(Cl)cc1NC(=O)c1ccc(N2CCCC2=O)cc1. The van der Waals surface area contributed by atoms with Crippen LogP contribution in [0.2, 0.25) is 5.02 Å². The summed E-state index contributed by atoms with van der Waals surface area (Å²) in [7, 11) is 0. The Hall–Kier alpha value is -2.53. The number of anilines is 2. The van der Waals surface area contributed by atoms with E-state index in [0.717, 1.165) is 25.1 Å². The van der Waals surface area contributed by atoms with Crippen molar-refractivity contribution in [3.63, 3.8) is 0 Å². The molecule has 0 spiro atoms. The van der Waals surface area contributed by atoms with E-state index in [0.29, 0.717) is 35.1 Å². The lowest BCUT2D eigenvalue weighted by Gasteiger charge is -2.16. The van der Waals surface area contributed by atoms with E-state index < -0.39 is 0 Å². The quantitative estimate of drug-likeness (QED) is 0.811. The van der Waals surface area contributed by atoms with Gasteiger partial charge in [-0.3, -0.25) is 9.59 Å². The van der Waals surface area contributed by atoms with Gasteiger partial charge >= 0.3 is 0 Å². The summed E-state index contributed by atoms with van der Waals surface area (Å²) in [5, 5.41) is 3.37. The summed E-state index contributed by atoms with van der Waals surface area (Å²) in [4.78, 5) is 26.1. The minimum atomic E-state index is -0.257. The van der Waals surface area contributed by atoms with Gasteiger partial charge in [-0.1, -0.05) is 18.5 Å². The third-order valence-electron chi connectivity index (χ3n) is 4.17. The molecular weight excluding hydrogens is 352 g/mol. The number of carbonyl (C=O) groups is 2. The molecule has 2 amide bonds. The Labute approximate surface area is 157 Å². The number of ether oxygens (including phenoxy) is 1. The minimum absolute atomic E-state index is 0.124. The van der Waals surface area contributed by atoms with E-state index in [1.807, 2.05) is 6.92 Å².